The molecule has 5 nitrogen and oxygen atoms in total. The number of ketones is 1. The standard InChI is InChI=1S/C16H14O5.C6H6/c1-16(15(20)21)9-11(14(18)19)7-8-12(16)13(17)10-5-3-2-4-6-10;1-2-4-6-5-3-1/h2-8H,9H2,1H3,(H,18,19)(H,20,21);1-6H. The van der Waals surface area contributed by atoms with E-state index in [1.54, 1.807) is 30.3 Å². The first kappa shape index (κ1) is 19.8. The van der Waals surface area contributed by atoms with Gasteiger partial charge in [0.1, 0.15) is 0 Å². The maximum Gasteiger partial charge on any atom is 0.331 e. The largest absolute Gasteiger partial charge is 0.481 e. The molecule has 3 rings (SSSR count). The van der Waals surface area contributed by atoms with E-state index in [0.717, 1.165) is 0 Å². The number of carboxylic acid groups (broad SMARTS) is 2. The van der Waals surface area contributed by atoms with Gasteiger partial charge in [-0.05, 0) is 13.3 Å². The summed E-state index contributed by atoms with van der Waals surface area (Å²) in [4.78, 5) is 35.1. The molecule has 0 bridgehead atoms. The summed E-state index contributed by atoms with van der Waals surface area (Å²) in [6.45, 7) is 1.37. The van der Waals surface area contributed by atoms with Gasteiger partial charge in [-0.15, -0.1) is 0 Å². The Morgan fingerprint density at radius 2 is 1.30 bits per heavy atom. The molecule has 0 saturated carbocycles. The molecule has 0 aromatic heterocycles. The molecule has 1 atom stereocenters. The van der Waals surface area contributed by atoms with Crippen molar-refractivity contribution in [2.45, 2.75) is 13.3 Å². The van der Waals surface area contributed by atoms with E-state index in [2.05, 4.69) is 0 Å². The maximum atomic E-state index is 12.5. The summed E-state index contributed by atoms with van der Waals surface area (Å²) < 4.78 is 0. The molecule has 0 radical (unpaired) electrons. The van der Waals surface area contributed by atoms with Gasteiger partial charge < -0.3 is 10.2 Å². The predicted molar refractivity (Wildman–Crippen MR) is 101 cm³/mol. The minimum Gasteiger partial charge on any atom is -0.481 e. The minimum atomic E-state index is -1.55. The number of carboxylic acids is 2. The van der Waals surface area contributed by atoms with E-state index in [-0.39, 0.29) is 17.6 Å². The molecular weight excluding hydrogens is 344 g/mol. The van der Waals surface area contributed by atoms with Crippen molar-refractivity contribution in [1.82, 2.24) is 0 Å². The summed E-state index contributed by atoms with van der Waals surface area (Å²) in [5.74, 6) is -2.80. The lowest BCUT2D eigenvalue weighted by Crippen LogP contribution is -2.36. The van der Waals surface area contributed by atoms with Crippen LogP contribution in [-0.4, -0.2) is 27.9 Å². The van der Waals surface area contributed by atoms with Crippen molar-refractivity contribution in [2.75, 3.05) is 0 Å². The molecule has 0 aliphatic heterocycles. The van der Waals surface area contributed by atoms with Crippen molar-refractivity contribution in [3.8, 4) is 0 Å². The Labute approximate surface area is 157 Å². The number of aliphatic carboxylic acids is 2. The van der Waals surface area contributed by atoms with Gasteiger partial charge in [0.2, 0.25) is 0 Å². The van der Waals surface area contributed by atoms with Gasteiger partial charge in [0.25, 0.3) is 0 Å². The molecule has 2 aromatic rings. The van der Waals surface area contributed by atoms with Crippen LogP contribution in [0.25, 0.3) is 0 Å². The van der Waals surface area contributed by atoms with Crippen LogP contribution in [0.4, 0.5) is 0 Å². The van der Waals surface area contributed by atoms with E-state index in [9.17, 15) is 19.5 Å². The Balaban J connectivity index is 0.000000369. The van der Waals surface area contributed by atoms with Crippen molar-refractivity contribution in [1.29, 1.82) is 0 Å². The molecule has 0 saturated heterocycles. The topological polar surface area (TPSA) is 91.7 Å². The SMILES string of the molecule is CC1(C(=O)O)CC(C(=O)O)=CC=C1C(=O)c1ccccc1.c1ccccc1. The van der Waals surface area contributed by atoms with Crippen LogP contribution in [0.15, 0.2) is 90.0 Å². The Morgan fingerprint density at radius 3 is 1.74 bits per heavy atom. The van der Waals surface area contributed by atoms with Gasteiger partial charge in [0.05, 0.1) is 5.41 Å². The average molecular weight is 364 g/mol. The van der Waals surface area contributed by atoms with E-state index in [0.29, 0.717) is 5.56 Å². The first-order valence-corrected chi connectivity index (χ1v) is 8.34. The average Bonchev–Trinajstić information content (AvgIpc) is 2.69. The third-order valence-electron chi connectivity index (χ3n) is 4.28. The first-order valence-electron chi connectivity index (χ1n) is 8.34. The van der Waals surface area contributed by atoms with Crippen molar-refractivity contribution in [3.63, 3.8) is 0 Å². The number of Topliss-reactive ketones (excluding diaryl/α,β-unsaturated/α-hetero) is 1. The van der Waals surface area contributed by atoms with Crippen molar-refractivity contribution in [2.24, 2.45) is 5.41 Å². The van der Waals surface area contributed by atoms with Crippen LogP contribution in [-0.2, 0) is 9.59 Å². The van der Waals surface area contributed by atoms with Gasteiger partial charge in [-0.25, -0.2) is 4.79 Å². The molecule has 1 aliphatic rings. The van der Waals surface area contributed by atoms with Gasteiger partial charge in [0, 0.05) is 16.7 Å². The predicted octanol–water partition coefficient (Wildman–Crippen LogP) is 3.99. The molecule has 5 heteroatoms. The fourth-order valence-electron chi connectivity index (χ4n) is 2.70. The van der Waals surface area contributed by atoms with Crippen molar-refractivity contribution in [3.05, 3.63) is 95.6 Å². The van der Waals surface area contributed by atoms with E-state index >= 15 is 0 Å². The number of allylic oxidation sites excluding steroid dienone is 2. The number of hydrogen-bond acceptors (Lipinski definition) is 3. The van der Waals surface area contributed by atoms with E-state index < -0.39 is 23.1 Å². The number of carbonyl (C=O) groups excluding carboxylic acids is 1. The summed E-state index contributed by atoms with van der Waals surface area (Å²) in [6.07, 6.45) is 2.38. The zero-order valence-corrected chi connectivity index (χ0v) is 14.8. The number of carbonyl (C=O) groups is 3. The molecule has 1 unspecified atom stereocenters. The molecule has 1 aliphatic carbocycles. The second-order valence-corrected chi connectivity index (χ2v) is 6.24. The maximum absolute atomic E-state index is 12.5. The van der Waals surface area contributed by atoms with Crippen LogP contribution < -0.4 is 0 Å². The molecular formula is C22H20O5. The lowest BCUT2D eigenvalue weighted by atomic mass is 9.71. The molecule has 0 spiro atoms. The van der Waals surface area contributed by atoms with Crippen LogP contribution in [0.3, 0.4) is 0 Å². The lowest BCUT2D eigenvalue weighted by Gasteiger charge is -2.29. The zero-order valence-electron chi connectivity index (χ0n) is 14.8. The highest BCUT2D eigenvalue weighted by Gasteiger charge is 2.43. The van der Waals surface area contributed by atoms with Crippen LogP contribution >= 0.6 is 0 Å². The van der Waals surface area contributed by atoms with Gasteiger partial charge in [-0.3, -0.25) is 9.59 Å². The Kier molecular flexibility index (Phi) is 6.44. The Morgan fingerprint density at radius 1 is 0.815 bits per heavy atom. The van der Waals surface area contributed by atoms with E-state index in [1.807, 2.05) is 36.4 Å². The highest BCUT2D eigenvalue weighted by Crippen LogP contribution is 2.39. The third kappa shape index (κ3) is 4.79. The van der Waals surface area contributed by atoms with Crippen LogP contribution in [0.5, 0.6) is 0 Å². The normalized spacial score (nSPS) is 18.3. The summed E-state index contributed by atoms with van der Waals surface area (Å²) in [5, 5.41) is 18.5. The molecule has 27 heavy (non-hydrogen) atoms. The lowest BCUT2D eigenvalue weighted by molar-refractivity contribution is -0.145. The van der Waals surface area contributed by atoms with Crippen molar-refractivity contribution >= 4 is 17.7 Å². The monoisotopic (exact) mass is 364 g/mol. The smallest absolute Gasteiger partial charge is 0.331 e. The molecule has 2 aromatic carbocycles. The second kappa shape index (κ2) is 8.76. The summed E-state index contributed by atoms with van der Waals surface area (Å²) in [5.41, 5.74) is -1.10. The van der Waals surface area contributed by atoms with Gasteiger partial charge in [0.15, 0.2) is 5.78 Å². The van der Waals surface area contributed by atoms with Gasteiger partial charge >= 0.3 is 11.9 Å². The molecule has 2 N–H and O–H groups in total. The van der Waals surface area contributed by atoms with Crippen LogP contribution in [0, 0.1) is 5.41 Å². The molecule has 0 fully saturated rings. The first-order chi connectivity index (χ1) is 12.9. The second-order valence-electron chi connectivity index (χ2n) is 6.24. The third-order valence-corrected chi connectivity index (χ3v) is 4.28. The minimum absolute atomic E-state index is 0.0236. The highest BCUT2D eigenvalue weighted by atomic mass is 16.4. The molecule has 0 amide bonds. The highest BCUT2D eigenvalue weighted by molar-refractivity contribution is 6.13. The Bertz CT molecular complexity index is 855. The molecule has 138 valence electrons. The van der Waals surface area contributed by atoms with Gasteiger partial charge in [-0.2, -0.15) is 0 Å². The molecule has 0 heterocycles. The summed E-state index contributed by atoms with van der Waals surface area (Å²) >= 11 is 0. The zero-order chi connectivity index (χ0) is 19.9. The Hall–Kier alpha value is -3.47. The van der Waals surface area contributed by atoms with Crippen LogP contribution in [0.2, 0.25) is 0 Å². The fraction of sp³-hybridized carbons (Fsp3) is 0.136. The van der Waals surface area contributed by atoms with Crippen molar-refractivity contribution < 1.29 is 24.6 Å². The fourth-order valence-corrected chi connectivity index (χ4v) is 2.70. The summed E-state index contributed by atoms with van der Waals surface area (Å²) in [7, 11) is 0. The van der Waals surface area contributed by atoms with E-state index in [1.165, 1.54) is 19.1 Å². The number of hydrogen-bond donors (Lipinski definition) is 2. The van der Waals surface area contributed by atoms with Crippen LogP contribution in [0.1, 0.15) is 23.7 Å². The van der Waals surface area contributed by atoms with E-state index in [4.69, 9.17) is 5.11 Å². The summed E-state index contributed by atoms with van der Waals surface area (Å²) in [6, 6.07) is 20.3. The quantitative estimate of drug-likeness (QED) is 0.801. The number of benzene rings is 2. The number of rotatable bonds is 4. The van der Waals surface area contributed by atoms with Gasteiger partial charge in [-0.1, -0.05) is 78.9 Å².